The fourth-order valence-electron chi connectivity index (χ4n) is 4.94. The SMILES string of the molecule is COc1cc(CN2CCCC23CCCN(C2CC2)C3=O)cc2c1OCO2. The zero-order valence-electron chi connectivity index (χ0n) is 15.3. The van der Waals surface area contributed by atoms with E-state index in [4.69, 9.17) is 14.2 Å². The molecule has 6 heteroatoms. The van der Waals surface area contributed by atoms with Gasteiger partial charge in [-0.2, -0.15) is 0 Å². The van der Waals surface area contributed by atoms with Crippen LogP contribution in [-0.2, 0) is 11.3 Å². The molecule has 2 saturated heterocycles. The van der Waals surface area contributed by atoms with Crippen molar-refractivity contribution in [1.29, 1.82) is 0 Å². The Bertz CT molecular complexity index is 733. The van der Waals surface area contributed by atoms with Crippen molar-refractivity contribution < 1.29 is 19.0 Å². The molecule has 3 fully saturated rings. The Morgan fingerprint density at radius 2 is 2.00 bits per heavy atom. The number of benzene rings is 1. The number of hydrogen-bond acceptors (Lipinski definition) is 5. The molecule has 1 atom stereocenters. The van der Waals surface area contributed by atoms with Crippen LogP contribution in [0.25, 0.3) is 0 Å². The number of hydrogen-bond donors (Lipinski definition) is 0. The monoisotopic (exact) mass is 358 g/mol. The number of ether oxygens (including phenoxy) is 3. The summed E-state index contributed by atoms with van der Waals surface area (Å²) in [5.74, 6) is 2.50. The Morgan fingerprint density at radius 1 is 1.19 bits per heavy atom. The molecule has 0 aromatic heterocycles. The van der Waals surface area contributed by atoms with Gasteiger partial charge in [-0.3, -0.25) is 9.69 Å². The van der Waals surface area contributed by atoms with E-state index in [9.17, 15) is 4.79 Å². The third kappa shape index (κ3) is 2.46. The van der Waals surface area contributed by atoms with Crippen LogP contribution in [0.4, 0.5) is 0 Å². The van der Waals surface area contributed by atoms with Crippen molar-refractivity contribution in [2.45, 2.75) is 56.7 Å². The largest absolute Gasteiger partial charge is 0.493 e. The molecule has 1 unspecified atom stereocenters. The highest BCUT2D eigenvalue weighted by Gasteiger charge is 2.53. The minimum absolute atomic E-state index is 0.234. The number of amides is 1. The maximum atomic E-state index is 13.4. The van der Waals surface area contributed by atoms with Gasteiger partial charge in [-0.05, 0) is 62.8 Å². The number of carbonyl (C=O) groups excluding carboxylic acids is 1. The number of nitrogens with zero attached hydrogens (tertiary/aromatic N) is 2. The molecule has 140 valence electrons. The second kappa shape index (κ2) is 6.05. The Morgan fingerprint density at radius 3 is 2.77 bits per heavy atom. The Balaban J connectivity index is 1.42. The van der Waals surface area contributed by atoms with E-state index in [1.54, 1.807) is 7.11 Å². The molecule has 3 aliphatic heterocycles. The van der Waals surface area contributed by atoms with Crippen LogP contribution in [-0.4, -0.2) is 54.3 Å². The minimum atomic E-state index is -0.301. The molecule has 0 N–H and O–H groups in total. The first-order chi connectivity index (χ1) is 12.7. The van der Waals surface area contributed by atoms with E-state index < -0.39 is 0 Å². The van der Waals surface area contributed by atoms with Crippen molar-refractivity contribution >= 4 is 5.91 Å². The molecule has 1 aliphatic carbocycles. The first-order valence-corrected chi connectivity index (χ1v) is 9.74. The second-order valence-electron chi connectivity index (χ2n) is 7.92. The molecular formula is C20H26N2O4. The Labute approximate surface area is 154 Å². The number of piperidine rings is 1. The van der Waals surface area contributed by atoms with Crippen LogP contribution in [0.5, 0.6) is 17.2 Å². The number of rotatable bonds is 4. The van der Waals surface area contributed by atoms with Crippen molar-refractivity contribution in [1.82, 2.24) is 9.80 Å². The van der Waals surface area contributed by atoms with Crippen molar-refractivity contribution in [2.75, 3.05) is 27.0 Å². The van der Waals surface area contributed by atoms with Crippen LogP contribution in [0.2, 0.25) is 0 Å². The van der Waals surface area contributed by atoms with Gasteiger partial charge in [0.2, 0.25) is 18.4 Å². The average Bonchev–Trinajstić information content (AvgIpc) is 3.25. The highest BCUT2D eigenvalue weighted by Crippen LogP contribution is 2.45. The summed E-state index contributed by atoms with van der Waals surface area (Å²) in [5, 5.41) is 0. The van der Waals surface area contributed by atoms with Gasteiger partial charge in [0.25, 0.3) is 0 Å². The fourth-order valence-corrected chi connectivity index (χ4v) is 4.94. The smallest absolute Gasteiger partial charge is 0.243 e. The van der Waals surface area contributed by atoms with E-state index in [-0.39, 0.29) is 12.3 Å². The van der Waals surface area contributed by atoms with Crippen LogP contribution >= 0.6 is 0 Å². The summed E-state index contributed by atoms with van der Waals surface area (Å²) in [5.41, 5.74) is 0.813. The summed E-state index contributed by atoms with van der Waals surface area (Å²) in [6.45, 7) is 2.90. The highest BCUT2D eigenvalue weighted by atomic mass is 16.7. The lowest BCUT2D eigenvalue weighted by Gasteiger charge is -2.45. The predicted molar refractivity (Wildman–Crippen MR) is 95.5 cm³/mol. The molecule has 4 aliphatic rings. The molecule has 0 bridgehead atoms. The first kappa shape index (κ1) is 16.2. The summed E-state index contributed by atoms with van der Waals surface area (Å²) in [7, 11) is 1.65. The number of methoxy groups -OCH3 is 1. The molecule has 6 nitrogen and oxygen atoms in total. The molecule has 26 heavy (non-hydrogen) atoms. The van der Waals surface area contributed by atoms with Crippen molar-refractivity contribution in [3.05, 3.63) is 17.7 Å². The van der Waals surface area contributed by atoms with Gasteiger partial charge in [0.05, 0.1) is 7.11 Å². The van der Waals surface area contributed by atoms with E-state index in [0.717, 1.165) is 56.6 Å². The lowest BCUT2D eigenvalue weighted by molar-refractivity contribution is -0.148. The first-order valence-electron chi connectivity index (χ1n) is 9.74. The molecule has 1 saturated carbocycles. The van der Waals surface area contributed by atoms with Gasteiger partial charge in [0.15, 0.2) is 11.5 Å². The fraction of sp³-hybridized carbons (Fsp3) is 0.650. The van der Waals surface area contributed by atoms with Gasteiger partial charge in [0.1, 0.15) is 5.54 Å². The quantitative estimate of drug-likeness (QED) is 0.828. The zero-order chi connectivity index (χ0) is 17.7. The van der Waals surface area contributed by atoms with Crippen molar-refractivity contribution in [3.63, 3.8) is 0 Å². The van der Waals surface area contributed by atoms with Crippen LogP contribution in [0, 0.1) is 0 Å². The summed E-state index contributed by atoms with van der Waals surface area (Å²) >= 11 is 0. The molecule has 1 spiro atoms. The third-order valence-electron chi connectivity index (χ3n) is 6.35. The van der Waals surface area contributed by atoms with Crippen LogP contribution in [0.15, 0.2) is 12.1 Å². The molecule has 5 rings (SSSR count). The normalized spacial score (nSPS) is 28.2. The van der Waals surface area contributed by atoms with Gasteiger partial charge < -0.3 is 19.1 Å². The van der Waals surface area contributed by atoms with Crippen LogP contribution < -0.4 is 14.2 Å². The van der Waals surface area contributed by atoms with E-state index >= 15 is 0 Å². The summed E-state index contributed by atoms with van der Waals surface area (Å²) in [6, 6.07) is 4.56. The molecule has 1 aromatic carbocycles. The van der Waals surface area contributed by atoms with E-state index in [1.807, 2.05) is 12.1 Å². The second-order valence-corrected chi connectivity index (χ2v) is 7.92. The van der Waals surface area contributed by atoms with E-state index in [0.29, 0.717) is 23.4 Å². The number of fused-ring (bicyclic) bond motifs is 1. The molecule has 0 radical (unpaired) electrons. The van der Waals surface area contributed by atoms with Crippen molar-refractivity contribution in [3.8, 4) is 17.2 Å². The Kier molecular flexibility index (Phi) is 3.78. The zero-order valence-corrected chi connectivity index (χ0v) is 15.3. The third-order valence-corrected chi connectivity index (χ3v) is 6.35. The summed E-state index contributed by atoms with van der Waals surface area (Å²) in [6.07, 6.45) is 6.53. The van der Waals surface area contributed by atoms with Gasteiger partial charge in [0, 0.05) is 19.1 Å². The van der Waals surface area contributed by atoms with E-state index in [1.165, 1.54) is 12.8 Å². The van der Waals surface area contributed by atoms with Gasteiger partial charge in [-0.15, -0.1) is 0 Å². The molecule has 1 amide bonds. The minimum Gasteiger partial charge on any atom is -0.493 e. The van der Waals surface area contributed by atoms with Gasteiger partial charge >= 0.3 is 0 Å². The maximum Gasteiger partial charge on any atom is 0.243 e. The van der Waals surface area contributed by atoms with Crippen molar-refractivity contribution in [2.24, 2.45) is 0 Å². The summed E-state index contributed by atoms with van der Waals surface area (Å²) in [4.78, 5) is 17.9. The lowest BCUT2D eigenvalue weighted by atomic mass is 9.85. The van der Waals surface area contributed by atoms with Crippen LogP contribution in [0.1, 0.15) is 44.1 Å². The predicted octanol–water partition coefficient (Wildman–Crippen LogP) is 2.54. The van der Waals surface area contributed by atoms with E-state index in [2.05, 4.69) is 9.80 Å². The molecule has 3 heterocycles. The lowest BCUT2D eigenvalue weighted by Crippen LogP contribution is -2.60. The van der Waals surface area contributed by atoms with Gasteiger partial charge in [-0.25, -0.2) is 0 Å². The summed E-state index contributed by atoms with van der Waals surface area (Å²) < 4.78 is 16.5. The topological polar surface area (TPSA) is 51.2 Å². The molecular weight excluding hydrogens is 332 g/mol. The average molecular weight is 358 g/mol. The highest BCUT2D eigenvalue weighted by molar-refractivity contribution is 5.88. The number of carbonyl (C=O) groups is 1. The Hall–Kier alpha value is -1.95. The van der Waals surface area contributed by atoms with Gasteiger partial charge in [-0.1, -0.05) is 0 Å². The maximum absolute atomic E-state index is 13.4. The number of likely N-dealkylation sites (tertiary alicyclic amines) is 2. The standard InChI is InChI=1S/C20H26N2O4/c1-24-16-10-14(11-17-18(16)26-13-25-17)12-21-8-2-6-20(21)7-3-9-22(19(20)23)15-4-5-15/h10-11,15H,2-9,12-13H2,1H3. The van der Waals surface area contributed by atoms with Crippen LogP contribution in [0.3, 0.4) is 0 Å². The molecule has 1 aromatic rings.